The van der Waals surface area contributed by atoms with Crippen molar-refractivity contribution in [2.45, 2.75) is 19.8 Å². The van der Waals surface area contributed by atoms with E-state index in [2.05, 4.69) is 0 Å². The van der Waals surface area contributed by atoms with Crippen molar-refractivity contribution in [1.29, 1.82) is 0 Å². The molecular formula is C11H12O4. The Bertz CT molecular complexity index is 407. The van der Waals surface area contributed by atoms with Gasteiger partial charge in [-0.05, 0) is 23.6 Å². The zero-order chi connectivity index (χ0) is 11.6. The monoisotopic (exact) mass is 208 g/mol. The van der Waals surface area contributed by atoms with E-state index >= 15 is 0 Å². The summed E-state index contributed by atoms with van der Waals surface area (Å²) in [6, 6.07) is 4.39. The Morgan fingerprint density at radius 1 is 1.07 bits per heavy atom. The van der Waals surface area contributed by atoms with Crippen molar-refractivity contribution in [1.82, 2.24) is 0 Å². The second-order valence-corrected chi connectivity index (χ2v) is 3.57. The Labute approximate surface area is 87.2 Å². The van der Waals surface area contributed by atoms with Crippen LogP contribution in [0.5, 0.6) is 0 Å². The number of benzene rings is 1. The number of rotatable bonds is 3. The third-order valence-electron chi connectivity index (χ3n) is 2.17. The van der Waals surface area contributed by atoms with Crippen LogP contribution in [0.1, 0.15) is 46.0 Å². The number of carbonyl (C=O) groups is 2. The predicted octanol–water partition coefficient (Wildman–Crippen LogP) is 2.21. The summed E-state index contributed by atoms with van der Waals surface area (Å²) in [5.41, 5.74) is 0.484. The molecule has 1 rings (SSSR count). The average molecular weight is 208 g/mol. The minimum Gasteiger partial charge on any atom is -0.478 e. The molecule has 1 aromatic carbocycles. The maximum absolute atomic E-state index is 10.8. The van der Waals surface area contributed by atoms with E-state index in [0.29, 0.717) is 0 Å². The van der Waals surface area contributed by atoms with Crippen LogP contribution in [-0.2, 0) is 0 Å². The lowest BCUT2D eigenvalue weighted by Crippen LogP contribution is -2.08. The van der Waals surface area contributed by atoms with Crippen molar-refractivity contribution in [3.63, 3.8) is 0 Å². The molecule has 4 nitrogen and oxygen atoms in total. The SMILES string of the molecule is CC(C)c1ccc(C(=O)O)c(C(=O)O)c1. The molecule has 0 heterocycles. The van der Waals surface area contributed by atoms with Crippen molar-refractivity contribution in [2.75, 3.05) is 0 Å². The molecule has 15 heavy (non-hydrogen) atoms. The Morgan fingerprint density at radius 3 is 2.00 bits per heavy atom. The Balaban J connectivity index is 3.33. The summed E-state index contributed by atoms with van der Waals surface area (Å²) in [7, 11) is 0. The summed E-state index contributed by atoms with van der Waals surface area (Å²) in [6.07, 6.45) is 0. The lowest BCUT2D eigenvalue weighted by molar-refractivity contribution is 0.0651. The average Bonchev–Trinajstić information content (AvgIpc) is 2.16. The van der Waals surface area contributed by atoms with E-state index in [4.69, 9.17) is 10.2 Å². The topological polar surface area (TPSA) is 74.6 Å². The van der Waals surface area contributed by atoms with E-state index in [9.17, 15) is 9.59 Å². The molecule has 0 bridgehead atoms. The van der Waals surface area contributed by atoms with Gasteiger partial charge in [-0.2, -0.15) is 0 Å². The molecule has 0 amide bonds. The maximum atomic E-state index is 10.8. The van der Waals surface area contributed by atoms with Crippen molar-refractivity contribution < 1.29 is 19.8 Å². The van der Waals surface area contributed by atoms with Crippen LogP contribution in [0.15, 0.2) is 18.2 Å². The van der Waals surface area contributed by atoms with Crippen LogP contribution in [0.4, 0.5) is 0 Å². The summed E-state index contributed by atoms with van der Waals surface area (Å²) < 4.78 is 0. The smallest absolute Gasteiger partial charge is 0.336 e. The van der Waals surface area contributed by atoms with Crippen LogP contribution in [0.25, 0.3) is 0 Å². The first-order valence-electron chi connectivity index (χ1n) is 4.54. The summed E-state index contributed by atoms with van der Waals surface area (Å²) in [5, 5.41) is 17.6. The van der Waals surface area contributed by atoms with Crippen molar-refractivity contribution in [2.24, 2.45) is 0 Å². The lowest BCUT2D eigenvalue weighted by atomic mass is 9.97. The molecule has 0 aliphatic carbocycles. The fourth-order valence-electron chi connectivity index (χ4n) is 1.28. The van der Waals surface area contributed by atoms with Crippen LogP contribution in [0.3, 0.4) is 0 Å². The van der Waals surface area contributed by atoms with Gasteiger partial charge in [0.2, 0.25) is 0 Å². The Morgan fingerprint density at radius 2 is 1.60 bits per heavy atom. The van der Waals surface area contributed by atoms with E-state index in [0.717, 1.165) is 5.56 Å². The lowest BCUT2D eigenvalue weighted by Gasteiger charge is -2.08. The van der Waals surface area contributed by atoms with E-state index in [1.807, 2.05) is 13.8 Å². The zero-order valence-corrected chi connectivity index (χ0v) is 8.52. The van der Waals surface area contributed by atoms with Gasteiger partial charge in [-0.1, -0.05) is 19.9 Å². The fourth-order valence-corrected chi connectivity index (χ4v) is 1.28. The molecule has 0 aromatic heterocycles. The number of hydrogen-bond acceptors (Lipinski definition) is 2. The van der Waals surface area contributed by atoms with Gasteiger partial charge in [-0.15, -0.1) is 0 Å². The fraction of sp³-hybridized carbons (Fsp3) is 0.273. The zero-order valence-electron chi connectivity index (χ0n) is 8.52. The Hall–Kier alpha value is -1.84. The van der Waals surface area contributed by atoms with E-state index in [1.165, 1.54) is 12.1 Å². The van der Waals surface area contributed by atoms with Crippen molar-refractivity contribution in [3.8, 4) is 0 Å². The standard InChI is InChI=1S/C11H12O4/c1-6(2)7-3-4-8(10(12)13)9(5-7)11(14)15/h3-6H,1-2H3,(H,12,13)(H,14,15). The third kappa shape index (κ3) is 2.34. The highest BCUT2D eigenvalue weighted by Gasteiger charge is 2.16. The number of carboxylic acids is 2. The highest BCUT2D eigenvalue weighted by atomic mass is 16.4. The molecular weight excluding hydrogens is 196 g/mol. The highest BCUT2D eigenvalue weighted by molar-refractivity contribution is 6.01. The normalized spacial score (nSPS) is 10.3. The van der Waals surface area contributed by atoms with Crippen LogP contribution < -0.4 is 0 Å². The molecule has 0 spiro atoms. The third-order valence-corrected chi connectivity index (χ3v) is 2.17. The molecule has 0 aliphatic rings. The van der Waals surface area contributed by atoms with E-state index in [1.54, 1.807) is 6.07 Å². The molecule has 0 atom stereocenters. The quantitative estimate of drug-likeness (QED) is 0.798. The Kier molecular flexibility index (Phi) is 3.09. The molecule has 80 valence electrons. The van der Waals surface area contributed by atoms with Gasteiger partial charge in [0.15, 0.2) is 0 Å². The molecule has 0 saturated heterocycles. The molecule has 4 heteroatoms. The molecule has 0 saturated carbocycles. The van der Waals surface area contributed by atoms with Gasteiger partial charge in [0, 0.05) is 0 Å². The highest BCUT2D eigenvalue weighted by Crippen LogP contribution is 2.19. The van der Waals surface area contributed by atoms with Gasteiger partial charge in [-0.3, -0.25) is 0 Å². The minimum atomic E-state index is -1.22. The number of aromatic carboxylic acids is 2. The maximum Gasteiger partial charge on any atom is 0.336 e. The summed E-state index contributed by atoms with van der Waals surface area (Å²) in [6.45, 7) is 3.84. The van der Waals surface area contributed by atoms with Gasteiger partial charge in [0.05, 0.1) is 11.1 Å². The van der Waals surface area contributed by atoms with Gasteiger partial charge in [-0.25, -0.2) is 9.59 Å². The second kappa shape index (κ2) is 4.13. The van der Waals surface area contributed by atoms with Crippen molar-refractivity contribution in [3.05, 3.63) is 34.9 Å². The van der Waals surface area contributed by atoms with Crippen LogP contribution in [-0.4, -0.2) is 22.2 Å². The molecule has 1 aromatic rings. The van der Waals surface area contributed by atoms with E-state index in [-0.39, 0.29) is 17.0 Å². The molecule has 0 aliphatic heterocycles. The van der Waals surface area contributed by atoms with Crippen LogP contribution in [0.2, 0.25) is 0 Å². The van der Waals surface area contributed by atoms with Gasteiger partial charge < -0.3 is 10.2 Å². The van der Waals surface area contributed by atoms with Crippen LogP contribution >= 0.6 is 0 Å². The van der Waals surface area contributed by atoms with Crippen LogP contribution in [0, 0.1) is 0 Å². The first-order chi connectivity index (χ1) is 6.93. The van der Waals surface area contributed by atoms with Gasteiger partial charge in [0.1, 0.15) is 0 Å². The predicted molar refractivity (Wildman–Crippen MR) is 54.4 cm³/mol. The van der Waals surface area contributed by atoms with Gasteiger partial charge >= 0.3 is 11.9 Å². The minimum absolute atomic E-state index is 0.159. The molecule has 0 fully saturated rings. The molecule has 0 radical (unpaired) electrons. The first-order valence-corrected chi connectivity index (χ1v) is 4.54. The van der Waals surface area contributed by atoms with Gasteiger partial charge in [0.25, 0.3) is 0 Å². The summed E-state index contributed by atoms with van der Waals surface area (Å²) in [4.78, 5) is 21.6. The number of carboxylic acid groups (broad SMARTS) is 2. The first kappa shape index (κ1) is 11.2. The summed E-state index contributed by atoms with van der Waals surface area (Å²) in [5.74, 6) is -2.26. The largest absolute Gasteiger partial charge is 0.478 e. The molecule has 2 N–H and O–H groups in total. The van der Waals surface area contributed by atoms with Crippen molar-refractivity contribution >= 4 is 11.9 Å². The van der Waals surface area contributed by atoms with E-state index < -0.39 is 11.9 Å². The number of hydrogen-bond donors (Lipinski definition) is 2. The second-order valence-electron chi connectivity index (χ2n) is 3.57. The summed E-state index contributed by atoms with van der Waals surface area (Å²) >= 11 is 0. The molecule has 0 unspecified atom stereocenters.